The molecule has 1 aromatic heterocycles. The smallest absolute Gasteiger partial charge is 0.389 e. The zero-order valence-electron chi connectivity index (χ0n) is 15.2. The van der Waals surface area contributed by atoms with Crippen LogP contribution in [0, 0.1) is 0 Å². The zero-order chi connectivity index (χ0) is 21.1. The van der Waals surface area contributed by atoms with E-state index in [2.05, 4.69) is 20.3 Å². The average Bonchev–Trinajstić information content (AvgIpc) is 2.57. The van der Waals surface area contributed by atoms with Gasteiger partial charge in [-0.3, -0.25) is 0 Å². The Morgan fingerprint density at radius 1 is 1.07 bits per heavy atom. The van der Waals surface area contributed by atoms with Gasteiger partial charge in [-0.1, -0.05) is 6.92 Å². The molecule has 0 amide bonds. The molecule has 0 fully saturated rings. The Hall–Kier alpha value is -2.11. The SMILES string of the molecule is CC[C@@H](Nc1nc(N[C@H](C)C(F)(F)F)nc(C2=CC(O)CCC2)n1)C(F)(F)F. The topological polar surface area (TPSA) is 83.0 Å². The van der Waals surface area contributed by atoms with Gasteiger partial charge in [0.15, 0.2) is 5.82 Å². The van der Waals surface area contributed by atoms with Gasteiger partial charge >= 0.3 is 12.4 Å². The van der Waals surface area contributed by atoms with E-state index in [1.54, 1.807) is 0 Å². The minimum Gasteiger partial charge on any atom is -0.389 e. The number of allylic oxidation sites excluding steroid dienone is 1. The van der Waals surface area contributed by atoms with Gasteiger partial charge in [0, 0.05) is 0 Å². The van der Waals surface area contributed by atoms with Crippen LogP contribution in [-0.2, 0) is 0 Å². The molecule has 28 heavy (non-hydrogen) atoms. The van der Waals surface area contributed by atoms with E-state index < -0.39 is 42.4 Å². The summed E-state index contributed by atoms with van der Waals surface area (Å²) in [6.07, 6.45) is -7.32. The molecule has 0 saturated carbocycles. The first kappa shape index (κ1) is 22.2. The van der Waals surface area contributed by atoms with Crippen LogP contribution in [0.4, 0.5) is 38.2 Å². The lowest BCUT2D eigenvalue weighted by atomic mass is 9.97. The Bertz CT molecular complexity index is 706. The van der Waals surface area contributed by atoms with Gasteiger partial charge in [-0.25, -0.2) is 0 Å². The fourth-order valence-electron chi connectivity index (χ4n) is 2.58. The molecule has 6 nitrogen and oxygen atoms in total. The van der Waals surface area contributed by atoms with Crippen molar-refractivity contribution in [3.8, 4) is 0 Å². The highest BCUT2D eigenvalue weighted by Gasteiger charge is 2.39. The Kier molecular flexibility index (Phi) is 6.73. The number of hydrogen-bond donors (Lipinski definition) is 3. The zero-order valence-corrected chi connectivity index (χ0v) is 15.2. The third-order valence-electron chi connectivity index (χ3n) is 4.21. The molecule has 0 bridgehead atoms. The molecule has 1 unspecified atom stereocenters. The number of nitrogens with zero attached hydrogens (tertiary/aromatic N) is 3. The van der Waals surface area contributed by atoms with Gasteiger partial charge in [0.1, 0.15) is 12.1 Å². The molecule has 0 aliphatic heterocycles. The lowest BCUT2D eigenvalue weighted by Crippen LogP contribution is -2.37. The van der Waals surface area contributed by atoms with Gasteiger partial charge in [-0.2, -0.15) is 41.3 Å². The van der Waals surface area contributed by atoms with Crippen LogP contribution < -0.4 is 10.6 Å². The van der Waals surface area contributed by atoms with Crippen molar-refractivity contribution in [1.29, 1.82) is 0 Å². The molecule has 158 valence electrons. The lowest BCUT2D eigenvalue weighted by Gasteiger charge is -2.22. The largest absolute Gasteiger partial charge is 0.408 e. The van der Waals surface area contributed by atoms with Gasteiger partial charge in [0.2, 0.25) is 11.9 Å². The maximum atomic E-state index is 13.0. The van der Waals surface area contributed by atoms with Crippen molar-refractivity contribution in [1.82, 2.24) is 15.0 Å². The number of alkyl halides is 6. The van der Waals surface area contributed by atoms with Crippen LogP contribution in [0.5, 0.6) is 0 Å². The average molecular weight is 413 g/mol. The van der Waals surface area contributed by atoms with Crippen molar-refractivity contribution in [2.45, 2.75) is 70.1 Å². The minimum absolute atomic E-state index is 0.0786. The molecule has 0 aromatic carbocycles. The number of aliphatic hydroxyl groups is 1. The summed E-state index contributed by atoms with van der Waals surface area (Å²) in [6, 6.07) is -3.99. The third-order valence-corrected chi connectivity index (χ3v) is 4.21. The van der Waals surface area contributed by atoms with Crippen LogP contribution in [-0.4, -0.2) is 50.6 Å². The first-order valence-corrected chi connectivity index (χ1v) is 8.71. The Morgan fingerprint density at radius 2 is 1.68 bits per heavy atom. The fraction of sp³-hybridized carbons (Fsp3) is 0.688. The van der Waals surface area contributed by atoms with E-state index in [1.165, 1.54) is 13.0 Å². The minimum atomic E-state index is -4.60. The highest BCUT2D eigenvalue weighted by molar-refractivity contribution is 5.63. The summed E-state index contributed by atoms with van der Waals surface area (Å²) in [6.45, 7) is 2.14. The fourth-order valence-corrected chi connectivity index (χ4v) is 2.58. The summed E-state index contributed by atoms with van der Waals surface area (Å²) in [5.74, 6) is -1.08. The van der Waals surface area contributed by atoms with E-state index in [9.17, 15) is 31.4 Å². The monoisotopic (exact) mass is 413 g/mol. The summed E-state index contributed by atoms with van der Waals surface area (Å²) in [5, 5.41) is 13.9. The first-order chi connectivity index (χ1) is 12.9. The van der Waals surface area contributed by atoms with Gasteiger partial charge in [-0.05, 0) is 44.3 Å². The molecule has 0 saturated heterocycles. The molecule has 1 aromatic rings. The van der Waals surface area contributed by atoms with Crippen molar-refractivity contribution in [3.05, 3.63) is 11.9 Å². The molecule has 3 atom stereocenters. The summed E-state index contributed by atoms with van der Waals surface area (Å²) in [7, 11) is 0. The van der Waals surface area contributed by atoms with Gasteiger partial charge < -0.3 is 15.7 Å². The van der Waals surface area contributed by atoms with Crippen LogP contribution in [0.25, 0.3) is 5.57 Å². The molecule has 2 rings (SSSR count). The first-order valence-electron chi connectivity index (χ1n) is 8.71. The van der Waals surface area contributed by atoms with E-state index in [0.717, 1.165) is 6.92 Å². The second-order valence-electron chi connectivity index (χ2n) is 6.51. The summed E-state index contributed by atoms with van der Waals surface area (Å²) < 4.78 is 77.6. The van der Waals surface area contributed by atoms with Crippen molar-refractivity contribution in [2.24, 2.45) is 0 Å². The number of halogens is 6. The van der Waals surface area contributed by atoms with E-state index in [1.807, 2.05) is 5.32 Å². The second-order valence-corrected chi connectivity index (χ2v) is 6.51. The summed E-state index contributed by atoms with van der Waals surface area (Å²) in [4.78, 5) is 11.5. The van der Waals surface area contributed by atoms with Crippen LogP contribution in [0.15, 0.2) is 6.08 Å². The molecular weight excluding hydrogens is 392 g/mol. The van der Waals surface area contributed by atoms with E-state index in [4.69, 9.17) is 0 Å². The number of nitrogens with one attached hydrogen (secondary N) is 2. The predicted octanol–water partition coefficient (Wildman–Crippen LogP) is 3.92. The molecule has 3 N–H and O–H groups in total. The number of hydrogen-bond acceptors (Lipinski definition) is 6. The molecule has 1 heterocycles. The van der Waals surface area contributed by atoms with Gasteiger partial charge in [-0.15, -0.1) is 0 Å². The Labute approximate surface area is 157 Å². The third kappa shape index (κ3) is 5.94. The molecule has 1 aliphatic rings. The molecule has 0 radical (unpaired) electrons. The second kappa shape index (κ2) is 8.50. The van der Waals surface area contributed by atoms with Gasteiger partial charge in [0.25, 0.3) is 0 Å². The van der Waals surface area contributed by atoms with Crippen LogP contribution in [0.3, 0.4) is 0 Å². The standard InChI is InChI=1S/C16H21F6N5O/c1-3-11(16(20,21)22)24-14-26-12(9-5-4-6-10(28)7-9)25-13(27-14)23-8(2)15(17,18)19/h7-8,10-11,28H,3-6H2,1-2H3,(H2,23,24,25,26,27)/t8-,10?,11-/m1/s1. The number of anilines is 2. The quantitative estimate of drug-likeness (QED) is 0.614. The van der Waals surface area contributed by atoms with E-state index >= 15 is 0 Å². The van der Waals surface area contributed by atoms with Gasteiger partial charge in [0.05, 0.1) is 6.10 Å². The summed E-state index contributed by atoms with van der Waals surface area (Å²) in [5.41, 5.74) is 0.437. The van der Waals surface area contributed by atoms with Crippen molar-refractivity contribution in [3.63, 3.8) is 0 Å². The van der Waals surface area contributed by atoms with E-state index in [0.29, 0.717) is 24.8 Å². The Balaban J connectivity index is 2.40. The number of aliphatic hydroxyl groups excluding tert-OH is 1. The highest BCUT2D eigenvalue weighted by atomic mass is 19.4. The van der Waals surface area contributed by atoms with Crippen molar-refractivity contribution in [2.75, 3.05) is 10.6 Å². The van der Waals surface area contributed by atoms with Crippen molar-refractivity contribution >= 4 is 17.5 Å². The molecule has 12 heteroatoms. The van der Waals surface area contributed by atoms with Crippen LogP contribution in [0.2, 0.25) is 0 Å². The number of rotatable bonds is 6. The lowest BCUT2D eigenvalue weighted by molar-refractivity contribution is -0.143. The normalized spacial score (nSPS) is 20.3. The number of aromatic nitrogens is 3. The Morgan fingerprint density at radius 3 is 2.18 bits per heavy atom. The molecular formula is C16H21F6N5O. The van der Waals surface area contributed by atoms with Crippen molar-refractivity contribution < 1.29 is 31.4 Å². The summed E-state index contributed by atoms with van der Waals surface area (Å²) >= 11 is 0. The molecule has 0 spiro atoms. The maximum Gasteiger partial charge on any atom is 0.408 e. The predicted molar refractivity (Wildman–Crippen MR) is 90.6 cm³/mol. The van der Waals surface area contributed by atoms with Crippen LogP contribution in [0.1, 0.15) is 45.4 Å². The van der Waals surface area contributed by atoms with Crippen LogP contribution >= 0.6 is 0 Å². The van der Waals surface area contributed by atoms with E-state index in [-0.39, 0.29) is 12.2 Å². The maximum absolute atomic E-state index is 13.0. The molecule has 1 aliphatic carbocycles. The highest BCUT2D eigenvalue weighted by Crippen LogP contribution is 2.29.